The summed E-state index contributed by atoms with van der Waals surface area (Å²) in [5.41, 5.74) is 4.82. The van der Waals surface area contributed by atoms with Gasteiger partial charge in [0.05, 0.1) is 0 Å². The third kappa shape index (κ3) is 7.39. The number of primary amides is 1. The molecule has 0 aromatic rings. The second kappa shape index (κ2) is 5.53. The van der Waals surface area contributed by atoms with Crippen LogP contribution in [0.25, 0.3) is 0 Å². The van der Waals surface area contributed by atoms with E-state index in [1.54, 1.807) is 0 Å². The fourth-order valence-corrected chi connectivity index (χ4v) is 0.413. The molecule has 0 bridgehead atoms. The lowest BCUT2D eigenvalue weighted by atomic mass is 10.3. The number of rotatable bonds is 5. The van der Waals surface area contributed by atoms with E-state index >= 15 is 0 Å². The van der Waals surface area contributed by atoms with Crippen molar-refractivity contribution in [1.29, 1.82) is 0 Å². The highest BCUT2D eigenvalue weighted by Gasteiger charge is 1.92. The molecule has 4 heteroatoms. The van der Waals surface area contributed by atoms with Crippen molar-refractivity contribution >= 4 is 5.91 Å². The summed E-state index contributed by atoms with van der Waals surface area (Å²) in [6.07, 6.45) is 0.899. The molecule has 0 radical (unpaired) electrons. The van der Waals surface area contributed by atoms with Crippen LogP contribution in [-0.4, -0.2) is 24.4 Å². The van der Waals surface area contributed by atoms with Crippen molar-refractivity contribution in [3.05, 3.63) is 0 Å². The Kier molecular flexibility index (Phi) is 5.15. The molecular formula is C5H11NO3. The first kappa shape index (κ1) is 8.39. The largest absolute Gasteiger partial charge is 0.371 e. The molecule has 0 aliphatic heterocycles. The quantitative estimate of drug-likeness (QED) is 0.381. The molecule has 0 atom stereocenters. The van der Waals surface area contributed by atoms with Crippen LogP contribution in [0.15, 0.2) is 0 Å². The fraction of sp³-hybridized carbons (Fsp3) is 0.800. The van der Waals surface area contributed by atoms with Crippen LogP contribution in [0, 0.1) is 0 Å². The number of aliphatic hydroxyl groups is 1. The molecule has 54 valence electrons. The Balaban J connectivity index is 2.83. The van der Waals surface area contributed by atoms with Crippen LogP contribution in [0.1, 0.15) is 12.8 Å². The van der Waals surface area contributed by atoms with Gasteiger partial charge in [0.15, 0.2) is 0 Å². The van der Waals surface area contributed by atoms with Gasteiger partial charge in [-0.3, -0.25) is 4.79 Å². The molecule has 0 spiro atoms. The van der Waals surface area contributed by atoms with E-state index in [0.29, 0.717) is 19.4 Å². The minimum absolute atomic E-state index is 0.293. The summed E-state index contributed by atoms with van der Waals surface area (Å²) in [4.78, 5) is 10.1. The molecule has 0 heterocycles. The van der Waals surface area contributed by atoms with E-state index in [1.165, 1.54) is 0 Å². The molecule has 0 saturated heterocycles. The van der Waals surface area contributed by atoms with Gasteiger partial charge in [-0.15, -0.1) is 0 Å². The van der Waals surface area contributed by atoms with Gasteiger partial charge in [0.2, 0.25) is 5.91 Å². The molecule has 0 aromatic heterocycles. The van der Waals surface area contributed by atoms with Gasteiger partial charge in [0.1, 0.15) is 6.79 Å². The Labute approximate surface area is 53.6 Å². The number of carbonyl (C=O) groups excluding carboxylic acids is 1. The average Bonchev–Trinajstić information content (AvgIpc) is 1.80. The summed E-state index contributed by atoms with van der Waals surface area (Å²) in [7, 11) is 0. The van der Waals surface area contributed by atoms with E-state index in [0.717, 1.165) is 0 Å². The summed E-state index contributed by atoms with van der Waals surface area (Å²) in [6.45, 7) is 0.0954. The maximum atomic E-state index is 10.1. The third-order valence-corrected chi connectivity index (χ3v) is 0.803. The monoisotopic (exact) mass is 133 g/mol. The number of aliphatic hydroxyl groups excluding tert-OH is 1. The third-order valence-electron chi connectivity index (χ3n) is 0.803. The van der Waals surface area contributed by atoms with Gasteiger partial charge in [-0.2, -0.15) is 0 Å². The van der Waals surface area contributed by atoms with E-state index in [1.807, 2.05) is 0 Å². The normalized spacial score (nSPS) is 9.44. The molecule has 0 fully saturated rings. The molecule has 4 nitrogen and oxygen atoms in total. The number of amides is 1. The van der Waals surface area contributed by atoms with Crippen molar-refractivity contribution in [2.75, 3.05) is 13.4 Å². The fourth-order valence-electron chi connectivity index (χ4n) is 0.413. The van der Waals surface area contributed by atoms with Crippen molar-refractivity contribution in [2.45, 2.75) is 12.8 Å². The highest BCUT2D eigenvalue weighted by atomic mass is 16.6. The van der Waals surface area contributed by atoms with Gasteiger partial charge in [-0.1, -0.05) is 0 Å². The van der Waals surface area contributed by atoms with E-state index in [9.17, 15) is 4.79 Å². The van der Waals surface area contributed by atoms with Crippen molar-refractivity contribution in [3.63, 3.8) is 0 Å². The zero-order valence-corrected chi connectivity index (χ0v) is 5.17. The Morgan fingerprint density at radius 3 is 2.78 bits per heavy atom. The average molecular weight is 133 g/mol. The van der Waals surface area contributed by atoms with Gasteiger partial charge >= 0.3 is 0 Å². The van der Waals surface area contributed by atoms with Gasteiger partial charge in [-0.05, 0) is 6.42 Å². The maximum Gasteiger partial charge on any atom is 0.217 e. The first-order valence-corrected chi connectivity index (χ1v) is 2.74. The SMILES string of the molecule is NC(=O)CCCOCO. The van der Waals surface area contributed by atoms with Gasteiger partial charge < -0.3 is 15.6 Å². The second-order valence-corrected chi connectivity index (χ2v) is 1.61. The summed E-state index contributed by atoms with van der Waals surface area (Å²) in [5, 5.41) is 8.09. The Morgan fingerprint density at radius 1 is 1.67 bits per heavy atom. The molecular weight excluding hydrogens is 122 g/mol. The number of carbonyl (C=O) groups is 1. The van der Waals surface area contributed by atoms with Crippen molar-refractivity contribution in [3.8, 4) is 0 Å². The standard InChI is InChI=1S/C5H11NO3/c6-5(8)2-1-3-9-4-7/h7H,1-4H2,(H2,6,8). The minimum Gasteiger partial charge on any atom is -0.371 e. The maximum absolute atomic E-state index is 10.1. The Hall–Kier alpha value is -0.610. The molecule has 0 aliphatic carbocycles. The highest BCUT2D eigenvalue weighted by Crippen LogP contribution is 1.86. The van der Waals surface area contributed by atoms with Crippen LogP contribution >= 0.6 is 0 Å². The van der Waals surface area contributed by atoms with Crippen LogP contribution in [0.5, 0.6) is 0 Å². The van der Waals surface area contributed by atoms with Crippen LogP contribution in [0.4, 0.5) is 0 Å². The predicted molar refractivity (Wildman–Crippen MR) is 31.5 cm³/mol. The Bertz CT molecular complexity index is 84.3. The highest BCUT2D eigenvalue weighted by molar-refractivity contribution is 5.73. The number of hydrogen-bond donors (Lipinski definition) is 2. The molecule has 0 saturated carbocycles. The van der Waals surface area contributed by atoms with Gasteiger partial charge in [-0.25, -0.2) is 0 Å². The molecule has 0 aliphatic rings. The topological polar surface area (TPSA) is 72.6 Å². The van der Waals surface area contributed by atoms with E-state index < -0.39 is 0 Å². The molecule has 3 N–H and O–H groups in total. The smallest absolute Gasteiger partial charge is 0.217 e. The van der Waals surface area contributed by atoms with Crippen LogP contribution in [0.3, 0.4) is 0 Å². The van der Waals surface area contributed by atoms with Crippen molar-refractivity contribution in [1.82, 2.24) is 0 Å². The zero-order valence-electron chi connectivity index (χ0n) is 5.17. The minimum atomic E-state index is -0.337. The first-order valence-electron chi connectivity index (χ1n) is 2.74. The lowest BCUT2D eigenvalue weighted by Crippen LogP contribution is -2.11. The van der Waals surface area contributed by atoms with Crippen molar-refractivity contribution in [2.24, 2.45) is 5.73 Å². The van der Waals surface area contributed by atoms with Crippen LogP contribution < -0.4 is 5.73 Å². The predicted octanol–water partition coefficient (Wildman–Crippen LogP) is -0.782. The zero-order chi connectivity index (χ0) is 7.11. The van der Waals surface area contributed by atoms with Crippen LogP contribution in [-0.2, 0) is 9.53 Å². The molecule has 1 amide bonds. The van der Waals surface area contributed by atoms with Crippen molar-refractivity contribution < 1.29 is 14.6 Å². The van der Waals surface area contributed by atoms with E-state index in [2.05, 4.69) is 4.74 Å². The lowest BCUT2D eigenvalue weighted by Gasteiger charge is -1.96. The number of nitrogens with two attached hydrogens (primary N) is 1. The first-order chi connectivity index (χ1) is 4.27. The summed E-state index contributed by atoms with van der Waals surface area (Å²) in [6, 6.07) is 0. The van der Waals surface area contributed by atoms with Crippen LogP contribution in [0.2, 0.25) is 0 Å². The van der Waals surface area contributed by atoms with Gasteiger partial charge in [0, 0.05) is 13.0 Å². The molecule has 9 heavy (non-hydrogen) atoms. The van der Waals surface area contributed by atoms with E-state index in [-0.39, 0.29) is 12.7 Å². The molecule has 0 unspecified atom stereocenters. The number of ether oxygens (including phenoxy) is 1. The Morgan fingerprint density at radius 2 is 2.33 bits per heavy atom. The number of hydrogen-bond acceptors (Lipinski definition) is 3. The lowest BCUT2D eigenvalue weighted by molar-refractivity contribution is -0.118. The second-order valence-electron chi connectivity index (χ2n) is 1.61. The van der Waals surface area contributed by atoms with E-state index in [4.69, 9.17) is 10.8 Å². The molecule has 0 aromatic carbocycles. The molecule has 0 rings (SSSR count). The summed E-state index contributed by atoms with van der Waals surface area (Å²) in [5.74, 6) is -0.337. The summed E-state index contributed by atoms with van der Waals surface area (Å²) < 4.78 is 4.53. The van der Waals surface area contributed by atoms with Gasteiger partial charge in [0.25, 0.3) is 0 Å². The summed E-state index contributed by atoms with van der Waals surface area (Å²) >= 11 is 0.